The molecule has 8 heteroatoms. The Morgan fingerprint density at radius 3 is 2.53 bits per heavy atom. The Kier molecular flexibility index (Phi) is 5.56. The number of amides is 2. The third-order valence-corrected chi connectivity index (χ3v) is 5.09. The molecule has 1 fully saturated rings. The van der Waals surface area contributed by atoms with Crippen molar-refractivity contribution < 1.29 is 28.6 Å². The van der Waals surface area contributed by atoms with Crippen molar-refractivity contribution in [3.8, 4) is 17.2 Å². The standard InChI is InChI=1S/C22H22N2O6/c1-14(25)30-18-4-2-3-15(11-18)21(26)23-17-7-9-24(10-8-17)22(27)16-5-6-19-20(12-16)29-13-28-19/h2-6,11-12,17H,7-10,13H2,1H3,(H,23,26). The number of carbonyl (C=O) groups excluding carboxylic acids is 3. The fourth-order valence-electron chi connectivity index (χ4n) is 3.57. The summed E-state index contributed by atoms with van der Waals surface area (Å²) in [5.41, 5.74) is 0.983. The maximum absolute atomic E-state index is 12.8. The van der Waals surface area contributed by atoms with Crippen molar-refractivity contribution in [2.24, 2.45) is 0 Å². The molecule has 2 aromatic carbocycles. The minimum absolute atomic E-state index is 0.0318. The van der Waals surface area contributed by atoms with E-state index in [1.165, 1.54) is 13.0 Å². The fraction of sp³-hybridized carbons (Fsp3) is 0.318. The summed E-state index contributed by atoms with van der Waals surface area (Å²) in [5.74, 6) is 0.827. The highest BCUT2D eigenvalue weighted by atomic mass is 16.7. The normalized spacial score (nSPS) is 15.6. The third-order valence-electron chi connectivity index (χ3n) is 5.09. The van der Waals surface area contributed by atoms with Crippen LogP contribution in [0.4, 0.5) is 0 Å². The van der Waals surface area contributed by atoms with Gasteiger partial charge in [0.15, 0.2) is 11.5 Å². The summed E-state index contributed by atoms with van der Waals surface area (Å²) in [6.45, 7) is 2.57. The molecular formula is C22H22N2O6. The highest BCUT2D eigenvalue weighted by Crippen LogP contribution is 2.33. The fourth-order valence-corrected chi connectivity index (χ4v) is 3.57. The molecule has 8 nitrogen and oxygen atoms in total. The number of carbonyl (C=O) groups is 3. The summed E-state index contributed by atoms with van der Waals surface area (Å²) in [4.78, 5) is 38.2. The van der Waals surface area contributed by atoms with Gasteiger partial charge in [-0.3, -0.25) is 14.4 Å². The van der Waals surface area contributed by atoms with Gasteiger partial charge in [-0.05, 0) is 49.2 Å². The Hall–Kier alpha value is -3.55. The first-order valence-electron chi connectivity index (χ1n) is 9.78. The van der Waals surface area contributed by atoms with Gasteiger partial charge in [0.05, 0.1) is 0 Å². The van der Waals surface area contributed by atoms with Crippen molar-refractivity contribution in [1.82, 2.24) is 10.2 Å². The number of fused-ring (bicyclic) bond motifs is 1. The zero-order chi connectivity index (χ0) is 21.1. The summed E-state index contributed by atoms with van der Waals surface area (Å²) >= 11 is 0. The van der Waals surface area contributed by atoms with Gasteiger partial charge in [0.2, 0.25) is 6.79 Å². The number of likely N-dealkylation sites (tertiary alicyclic amines) is 1. The second kappa shape index (κ2) is 8.44. The molecule has 0 radical (unpaired) electrons. The topological polar surface area (TPSA) is 94.2 Å². The summed E-state index contributed by atoms with van der Waals surface area (Å²) < 4.78 is 15.6. The van der Waals surface area contributed by atoms with Crippen LogP contribution in [0.2, 0.25) is 0 Å². The molecule has 0 unspecified atom stereocenters. The maximum Gasteiger partial charge on any atom is 0.308 e. The van der Waals surface area contributed by atoms with Crippen molar-refractivity contribution >= 4 is 17.8 Å². The lowest BCUT2D eigenvalue weighted by atomic mass is 10.0. The lowest BCUT2D eigenvalue weighted by Crippen LogP contribution is -2.46. The van der Waals surface area contributed by atoms with Crippen LogP contribution in [-0.2, 0) is 4.79 Å². The quantitative estimate of drug-likeness (QED) is 0.614. The van der Waals surface area contributed by atoms with Crippen molar-refractivity contribution in [3.63, 3.8) is 0 Å². The van der Waals surface area contributed by atoms with Crippen LogP contribution in [0.15, 0.2) is 42.5 Å². The molecule has 2 aliphatic heterocycles. The van der Waals surface area contributed by atoms with E-state index >= 15 is 0 Å². The van der Waals surface area contributed by atoms with Gasteiger partial charge in [-0.2, -0.15) is 0 Å². The van der Waals surface area contributed by atoms with E-state index in [-0.39, 0.29) is 24.6 Å². The molecule has 2 heterocycles. The molecule has 2 aliphatic rings. The van der Waals surface area contributed by atoms with Crippen molar-refractivity contribution in [3.05, 3.63) is 53.6 Å². The first-order valence-corrected chi connectivity index (χ1v) is 9.78. The maximum atomic E-state index is 12.8. The zero-order valence-corrected chi connectivity index (χ0v) is 16.6. The van der Waals surface area contributed by atoms with Gasteiger partial charge in [0, 0.05) is 37.2 Å². The average Bonchev–Trinajstić information content (AvgIpc) is 3.21. The van der Waals surface area contributed by atoms with Crippen molar-refractivity contribution in [2.75, 3.05) is 19.9 Å². The molecule has 0 spiro atoms. The van der Waals surface area contributed by atoms with Gasteiger partial charge in [-0.25, -0.2) is 0 Å². The van der Waals surface area contributed by atoms with Crippen LogP contribution in [0.3, 0.4) is 0 Å². The van der Waals surface area contributed by atoms with E-state index in [1.54, 1.807) is 41.3 Å². The Balaban J connectivity index is 1.32. The number of benzene rings is 2. The first kappa shape index (κ1) is 19.8. The molecule has 2 aromatic rings. The monoisotopic (exact) mass is 410 g/mol. The van der Waals surface area contributed by atoms with Gasteiger partial charge in [0.1, 0.15) is 5.75 Å². The van der Waals surface area contributed by atoms with E-state index in [0.29, 0.717) is 54.3 Å². The summed E-state index contributed by atoms with van der Waals surface area (Å²) in [6, 6.07) is 11.6. The van der Waals surface area contributed by atoms with Gasteiger partial charge in [0.25, 0.3) is 11.8 Å². The molecule has 0 bridgehead atoms. The average molecular weight is 410 g/mol. The molecule has 0 saturated carbocycles. The van der Waals surface area contributed by atoms with Crippen LogP contribution >= 0.6 is 0 Å². The molecule has 0 atom stereocenters. The number of esters is 1. The van der Waals surface area contributed by atoms with E-state index in [4.69, 9.17) is 14.2 Å². The predicted octanol–water partition coefficient (Wildman–Crippen LogP) is 2.38. The van der Waals surface area contributed by atoms with Gasteiger partial charge in [-0.15, -0.1) is 0 Å². The predicted molar refractivity (Wildman–Crippen MR) is 107 cm³/mol. The first-order chi connectivity index (χ1) is 14.5. The number of hydrogen-bond acceptors (Lipinski definition) is 6. The van der Waals surface area contributed by atoms with Gasteiger partial charge < -0.3 is 24.4 Å². The van der Waals surface area contributed by atoms with Crippen LogP contribution < -0.4 is 19.5 Å². The second-order valence-corrected chi connectivity index (χ2v) is 7.23. The zero-order valence-electron chi connectivity index (χ0n) is 16.6. The molecule has 156 valence electrons. The van der Waals surface area contributed by atoms with Gasteiger partial charge >= 0.3 is 5.97 Å². The van der Waals surface area contributed by atoms with E-state index in [1.807, 2.05) is 0 Å². The third kappa shape index (κ3) is 4.37. The van der Waals surface area contributed by atoms with E-state index < -0.39 is 5.97 Å². The molecule has 0 aromatic heterocycles. The Morgan fingerprint density at radius 1 is 1.00 bits per heavy atom. The number of hydrogen-bond donors (Lipinski definition) is 1. The molecule has 1 N–H and O–H groups in total. The van der Waals surface area contributed by atoms with Crippen LogP contribution in [0.1, 0.15) is 40.5 Å². The van der Waals surface area contributed by atoms with Crippen LogP contribution in [0, 0.1) is 0 Å². The smallest absolute Gasteiger partial charge is 0.308 e. The summed E-state index contributed by atoms with van der Waals surface area (Å²) in [7, 11) is 0. The Bertz CT molecular complexity index is 981. The molecule has 4 rings (SSSR count). The molecule has 2 amide bonds. The lowest BCUT2D eigenvalue weighted by molar-refractivity contribution is -0.131. The molecule has 0 aliphatic carbocycles. The van der Waals surface area contributed by atoms with E-state index in [0.717, 1.165) is 0 Å². The van der Waals surface area contributed by atoms with Gasteiger partial charge in [-0.1, -0.05) is 6.07 Å². The number of ether oxygens (including phenoxy) is 3. The van der Waals surface area contributed by atoms with Crippen LogP contribution in [-0.4, -0.2) is 48.6 Å². The molecule has 1 saturated heterocycles. The SMILES string of the molecule is CC(=O)Oc1cccc(C(=O)NC2CCN(C(=O)c3ccc4c(c3)OCO4)CC2)c1. The van der Waals surface area contributed by atoms with E-state index in [2.05, 4.69) is 5.32 Å². The second-order valence-electron chi connectivity index (χ2n) is 7.23. The minimum Gasteiger partial charge on any atom is -0.454 e. The highest BCUT2D eigenvalue weighted by Gasteiger charge is 2.26. The molecular weight excluding hydrogens is 388 g/mol. The summed E-state index contributed by atoms with van der Waals surface area (Å²) in [5, 5.41) is 3.00. The Morgan fingerprint density at radius 2 is 1.77 bits per heavy atom. The largest absolute Gasteiger partial charge is 0.454 e. The van der Waals surface area contributed by atoms with Crippen LogP contribution in [0.5, 0.6) is 17.2 Å². The number of rotatable bonds is 4. The minimum atomic E-state index is -0.438. The van der Waals surface area contributed by atoms with Crippen molar-refractivity contribution in [1.29, 1.82) is 0 Å². The number of nitrogens with one attached hydrogen (secondary N) is 1. The van der Waals surface area contributed by atoms with Crippen LogP contribution in [0.25, 0.3) is 0 Å². The van der Waals surface area contributed by atoms with E-state index in [9.17, 15) is 14.4 Å². The van der Waals surface area contributed by atoms with Crippen molar-refractivity contribution in [2.45, 2.75) is 25.8 Å². The summed E-state index contributed by atoms with van der Waals surface area (Å²) in [6.07, 6.45) is 1.32. The molecule has 30 heavy (non-hydrogen) atoms. The highest BCUT2D eigenvalue weighted by molar-refractivity contribution is 5.96. The number of piperidine rings is 1. The number of nitrogens with zero attached hydrogens (tertiary/aromatic N) is 1. The lowest BCUT2D eigenvalue weighted by Gasteiger charge is -2.32. The Labute approximate surface area is 173 Å².